The van der Waals surface area contributed by atoms with Crippen LogP contribution in [-0.2, 0) is 29.2 Å². The molecule has 162 valence electrons. The molecule has 0 unspecified atom stereocenters. The Bertz CT molecular complexity index is 1060. The van der Waals surface area contributed by atoms with Gasteiger partial charge in [-0.15, -0.1) is 0 Å². The van der Waals surface area contributed by atoms with Crippen molar-refractivity contribution in [3.8, 4) is 5.75 Å². The minimum Gasteiger partial charge on any atom is -0.490 e. The Kier molecular flexibility index (Phi) is 5.02. The van der Waals surface area contributed by atoms with E-state index in [1.807, 2.05) is 13.0 Å². The number of carbonyl (C=O) groups is 2. The van der Waals surface area contributed by atoms with Crippen LogP contribution in [0.4, 0.5) is 5.82 Å². The van der Waals surface area contributed by atoms with Crippen LogP contribution in [0.5, 0.6) is 5.75 Å². The molecule has 3 aliphatic rings. The minimum absolute atomic E-state index is 0.120. The number of rotatable bonds is 4. The van der Waals surface area contributed by atoms with Gasteiger partial charge in [0.15, 0.2) is 0 Å². The highest BCUT2D eigenvalue weighted by molar-refractivity contribution is 6.09. The van der Waals surface area contributed by atoms with Gasteiger partial charge in [-0.05, 0) is 30.2 Å². The van der Waals surface area contributed by atoms with E-state index in [2.05, 4.69) is 22.3 Å². The molecule has 1 saturated heterocycles. The summed E-state index contributed by atoms with van der Waals surface area (Å²) in [5.41, 5.74) is 4.37. The van der Waals surface area contributed by atoms with Gasteiger partial charge >= 0.3 is 5.97 Å². The van der Waals surface area contributed by atoms with Crippen LogP contribution in [-0.4, -0.2) is 43.2 Å². The number of ether oxygens (including phenoxy) is 3. The molecule has 0 bridgehead atoms. The zero-order valence-corrected chi connectivity index (χ0v) is 17.7. The van der Waals surface area contributed by atoms with E-state index in [9.17, 15) is 9.59 Å². The van der Waals surface area contributed by atoms with E-state index in [0.717, 1.165) is 37.5 Å². The first-order chi connectivity index (χ1) is 15.0. The third kappa shape index (κ3) is 3.50. The Labute approximate surface area is 180 Å². The van der Waals surface area contributed by atoms with Crippen molar-refractivity contribution in [2.24, 2.45) is 0 Å². The summed E-state index contributed by atoms with van der Waals surface area (Å²) < 4.78 is 16.7. The Morgan fingerprint density at radius 1 is 1.23 bits per heavy atom. The molecule has 1 amide bonds. The summed E-state index contributed by atoms with van der Waals surface area (Å²) in [4.78, 5) is 31.6. The number of fused-ring (bicyclic) bond motifs is 2. The molecule has 31 heavy (non-hydrogen) atoms. The average molecular weight is 423 g/mol. The average Bonchev–Trinajstić information content (AvgIpc) is 3.40. The van der Waals surface area contributed by atoms with Crippen LogP contribution in [0, 0.1) is 6.92 Å². The predicted octanol–water partition coefficient (Wildman–Crippen LogP) is 2.50. The van der Waals surface area contributed by atoms with Gasteiger partial charge in [0.25, 0.3) is 5.91 Å². The lowest BCUT2D eigenvalue weighted by Crippen LogP contribution is -2.39. The summed E-state index contributed by atoms with van der Waals surface area (Å²) in [5, 5.41) is 2.76. The molecule has 0 radical (unpaired) electrons. The van der Waals surface area contributed by atoms with Crippen LogP contribution in [0.1, 0.15) is 55.9 Å². The molecule has 0 spiro atoms. The second kappa shape index (κ2) is 7.85. The number of amides is 1. The number of aromatic nitrogens is 1. The topological polar surface area (TPSA) is 90.0 Å². The monoisotopic (exact) mass is 423 g/mol. The van der Waals surface area contributed by atoms with Crippen molar-refractivity contribution in [1.29, 1.82) is 0 Å². The number of piperidine rings is 1. The van der Waals surface area contributed by atoms with Crippen LogP contribution < -0.4 is 15.0 Å². The van der Waals surface area contributed by atoms with Crippen molar-refractivity contribution in [3.63, 3.8) is 0 Å². The number of carbonyl (C=O) groups excluding carboxylic acids is 2. The summed E-state index contributed by atoms with van der Waals surface area (Å²) in [7, 11) is 1.33. The second-order valence-electron chi connectivity index (χ2n) is 8.16. The van der Waals surface area contributed by atoms with Crippen molar-refractivity contribution < 1.29 is 23.8 Å². The Balaban J connectivity index is 1.33. The number of benzene rings is 1. The Morgan fingerprint density at radius 2 is 2.00 bits per heavy atom. The third-order valence-corrected chi connectivity index (χ3v) is 6.26. The van der Waals surface area contributed by atoms with Crippen molar-refractivity contribution in [3.05, 3.63) is 51.7 Å². The molecule has 5 rings (SSSR count). The molecule has 2 aromatic rings. The molecule has 8 heteroatoms. The maximum absolute atomic E-state index is 12.4. The minimum atomic E-state index is -0.506. The van der Waals surface area contributed by atoms with Crippen molar-refractivity contribution in [2.75, 3.05) is 25.1 Å². The first-order valence-corrected chi connectivity index (χ1v) is 10.6. The number of nitrogens with one attached hydrogen (secondary N) is 1. The number of anilines is 1. The maximum atomic E-state index is 12.4. The van der Waals surface area contributed by atoms with Gasteiger partial charge in [-0.1, -0.05) is 6.07 Å². The molecule has 8 nitrogen and oxygen atoms in total. The SMILES string of the molecule is COC(=O)c1c(C)c(N2CCC(Oc3ccc4c(c3)COC4)CC2)nc2c1C(=O)NC2. The van der Waals surface area contributed by atoms with Gasteiger partial charge in [-0.25, -0.2) is 9.78 Å². The van der Waals surface area contributed by atoms with E-state index in [1.54, 1.807) is 0 Å². The maximum Gasteiger partial charge on any atom is 0.339 e. The zero-order valence-electron chi connectivity index (χ0n) is 17.7. The highest BCUT2D eigenvalue weighted by atomic mass is 16.5. The molecule has 4 heterocycles. The van der Waals surface area contributed by atoms with E-state index in [4.69, 9.17) is 19.2 Å². The molecule has 1 fully saturated rings. The van der Waals surface area contributed by atoms with Crippen molar-refractivity contribution in [2.45, 2.75) is 45.6 Å². The highest BCUT2D eigenvalue weighted by Crippen LogP contribution is 2.32. The van der Waals surface area contributed by atoms with E-state index >= 15 is 0 Å². The fourth-order valence-electron chi connectivity index (χ4n) is 4.60. The molecule has 0 saturated carbocycles. The lowest BCUT2D eigenvalue weighted by atomic mass is 10.00. The van der Waals surface area contributed by atoms with Gasteiger partial charge in [0, 0.05) is 31.5 Å². The number of esters is 1. The zero-order chi connectivity index (χ0) is 21.5. The van der Waals surface area contributed by atoms with Gasteiger partial charge in [0.05, 0.1) is 43.7 Å². The lowest BCUT2D eigenvalue weighted by molar-refractivity contribution is 0.0596. The number of nitrogens with zero attached hydrogens (tertiary/aromatic N) is 2. The predicted molar refractivity (Wildman–Crippen MR) is 112 cm³/mol. The van der Waals surface area contributed by atoms with Crippen LogP contribution in [0.25, 0.3) is 0 Å². The summed E-state index contributed by atoms with van der Waals surface area (Å²) in [5.74, 6) is 0.841. The number of pyridine rings is 1. The van der Waals surface area contributed by atoms with Crippen molar-refractivity contribution in [1.82, 2.24) is 10.3 Å². The summed E-state index contributed by atoms with van der Waals surface area (Å²) in [6.45, 7) is 4.99. The first-order valence-electron chi connectivity index (χ1n) is 10.6. The molecule has 1 aromatic carbocycles. The van der Waals surface area contributed by atoms with Crippen LogP contribution in [0.15, 0.2) is 18.2 Å². The summed E-state index contributed by atoms with van der Waals surface area (Å²) >= 11 is 0. The Morgan fingerprint density at radius 3 is 2.77 bits per heavy atom. The van der Waals surface area contributed by atoms with Crippen LogP contribution in [0.3, 0.4) is 0 Å². The van der Waals surface area contributed by atoms with Gasteiger partial charge in [0.1, 0.15) is 17.7 Å². The van der Waals surface area contributed by atoms with E-state index in [0.29, 0.717) is 42.1 Å². The van der Waals surface area contributed by atoms with Gasteiger partial charge in [-0.3, -0.25) is 4.79 Å². The van der Waals surface area contributed by atoms with Gasteiger partial charge in [0.2, 0.25) is 0 Å². The van der Waals surface area contributed by atoms with Gasteiger partial charge < -0.3 is 24.4 Å². The molecule has 1 N–H and O–H groups in total. The Hall–Kier alpha value is -3.13. The van der Waals surface area contributed by atoms with E-state index in [-0.39, 0.29) is 12.0 Å². The van der Waals surface area contributed by atoms with Gasteiger partial charge in [-0.2, -0.15) is 0 Å². The molecular weight excluding hydrogens is 398 g/mol. The van der Waals surface area contributed by atoms with E-state index in [1.165, 1.54) is 18.2 Å². The largest absolute Gasteiger partial charge is 0.490 e. The summed E-state index contributed by atoms with van der Waals surface area (Å²) in [6.07, 6.45) is 1.81. The highest BCUT2D eigenvalue weighted by Gasteiger charge is 2.33. The second-order valence-corrected chi connectivity index (χ2v) is 8.16. The fourth-order valence-corrected chi connectivity index (χ4v) is 4.60. The van der Waals surface area contributed by atoms with Crippen LogP contribution in [0.2, 0.25) is 0 Å². The molecule has 0 atom stereocenters. The number of hydrogen-bond acceptors (Lipinski definition) is 7. The molecule has 1 aromatic heterocycles. The normalized spacial score (nSPS) is 17.9. The number of hydrogen-bond donors (Lipinski definition) is 1. The molecular formula is C23H25N3O5. The number of methoxy groups -OCH3 is 1. The van der Waals surface area contributed by atoms with Crippen LogP contribution >= 0.6 is 0 Å². The fraction of sp³-hybridized carbons (Fsp3) is 0.435. The standard InChI is InChI=1S/C23H25N3O5/c1-13-19(23(28)29-2)20-18(10-24-22(20)27)25-21(13)26-7-5-16(6-8-26)31-17-4-3-14-11-30-12-15(14)9-17/h3-4,9,16H,5-8,10-12H2,1-2H3,(H,24,27). The summed E-state index contributed by atoms with van der Waals surface area (Å²) in [6, 6.07) is 6.17. The smallest absolute Gasteiger partial charge is 0.339 e. The lowest BCUT2D eigenvalue weighted by Gasteiger charge is -2.34. The van der Waals surface area contributed by atoms with Crippen molar-refractivity contribution >= 4 is 17.7 Å². The van der Waals surface area contributed by atoms with E-state index < -0.39 is 5.97 Å². The third-order valence-electron chi connectivity index (χ3n) is 6.26. The molecule has 0 aliphatic carbocycles. The first kappa shape index (κ1) is 19.8. The quantitative estimate of drug-likeness (QED) is 0.756. The molecule has 3 aliphatic heterocycles.